The average molecular weight is 348 g/mol. The van der Waals surface area contributed by atoms with Crippen LogP contribution in [0.1, 0.15) is 35.8 Å². The average Bonchev–Trinajstić information content (AvgIpc) is 3.15. The van der Waals surface area contributed by atoms with E-state index in [1.54, 1.807) is 0 Å². The number of nitrogens with zero attached hydrogens (tertiary/aromatic N) is 4. The van der Waals surface area contributed by atoms with Crippen LogP contribution in [0.15, 0.2) is 48.9 Å². The first-order chi connectivity index (χ1) is 12.8. The first-order valence-electron chi connectivity index (χ1n) is 9.13. The predicted octanol–water partition coefficient (Wildman–Crippen LogP) is 3.63. The molecular weight excluding hydrogens is 324 g/mol. The highest BCUT2D eigenvalue weighted by molar-refractivity contribution is 5.52. The molecule has 0 aromatic carbocycles. The number of anilines is 2. The number of rotatable bonds is 5. The van der Waals surface area contributed by atoms with Crippen molar-refractivity contribution in [2.75, 3.05) is 18.4 Å². The van der Waals surface area contributed by atoms with E-state index >= 15 is 0 Å². The highest BCUT2D eigenvalue weighted by Crippen LogP contribution is 2.28. The van der Waals surface area contributed by atoms with E-state index in [0.717, 1.165) is 42.8 Å². The third-order valence-electron chi connectivity index (χ3n) is 4.83. The number of hydrogen-bond acceptors (Lipinski definition) is 5. The van der Waals surface area contributed by atoms with Crippen molar-refractivity contribution in [1.29, 1.82) is 0 Å². The molecule has 0 amide bonds. The number of aromatic nitrogens is 4. The van der Waals surface area contributed by atoms with E-state index < -0.39 is 0 Å². The monoisotopic (exact) mass is 348 g/mol. The lowest BCUT2D eigenvalue weighted by Gasteiger charge is -2.32. The summed E-state index contributed by atoms with van der Waals surface area (Å²) in [6, 6.07) is 10.3. The van der Waals surface area contributed by atoms with Gasteiger partial charge in [0, 0.05) is 30.8 Å². The molecule has 0 saturated carbocycles. The zero-order valence-corrected chi connectivity index (χ0v) is 15.0. The lowest BCUT2D eigenvalue weighted by atomic mass is 9.91. The smallest absolute Gasteiger partial charge is 0.131 e. The Morgan fingerprint density at radius 1 is 1.19 bits per heavy atom. The van der Waals surface area contributed by atoms with E-state index in [-0.39, 0.29) is 0 Å². The Kier molecular flexibility index (Phi) is 4.93. The van der Waals surface area contributed by atoms with Gasteiger partial charge in [-0.3, -0.25) is 4.90 Å². The quantitative estimate of drug-likeness (QED) is 0.737. The van der Waals surface area contributed by atoms with Gasteiger partial charge in [0.25, 0.3) is 0 Å². The zero-order valence-electron chi connectivity index (χ0n) is 15.0. The molecule has 1 unspecified atom stereocenters. The summed E-state index contributed by atoms with van der Waals surface area (Å²) in [5.74, 6) is 3.24. The molecule has 3 aromatic heterocycles. The summed E-state index contributed by atoms with van der Waals surface area (Å²) < 4.78 is 0. The highest BCUT2D eigenvalue weighted by Gasteiger charge is 2.22. The van der Waals surface area contributed by atoms with E-state index in [1.165, 1.54) is 18.4 Å². The van der Waals surface area contributed by atoms with E-state index in [4.69, 9.17) is 0 Å². The minimum atomic E-state index is 0.521. The second kappa shape index (κ2) is 7.66. The molecule has 1 aliphatic heterocycles. The summed E-state index contributed by atoms with van der Waals surface area (Å²) >= 11 is 0. The number of H-pyrrole nitrogens is 1. The fraction of sp³-hybridized carbons (Fsp3) is 0.350. The van der Waals surface area contributed by atoms with Crippen molar-refractivity contribution < 1.29 is 0 Å². The molecule has 1 fully saturated rings. The Hall–Kier alpha value is -2.73. The maximum Gasteiger partial charge on any atom is 0.131 e. The summed E-state index contributed by atoms with van der Waals surface area (Å²) in [7, 11) is 0. The topological polar surface area (TPSA) is 69.7 Å². The van der Waals surface area contributed by atoms with Crippen LogP contribution in [0, 0.1) is 6.92 Å². The van der Waals surface area contributed by atoms with Gasteiger partial charge in [-0.2, -0.15) is 0 Å². The first-order valence-corrected chi connectivity index (χ1v) is 9.13. The molecule has 0 radical (unpaired) electrons. The Bertz CT molecular complexity index is 845. The number of imidazole rings is 1. The Labute approximate surface area is 153 Å². The van der Waals surface area contributed by atoms with Crippen molar-refractivity contribution >= 4 is 11.6 Å². The van der Waals surface area contributed by atoms with E-state index in [0.29, 0.717) is 5.92 Å². The third kappa shape index (κ3) is 4.08. The van der Waals surface area contributed by atoms with Gasteiger partial charge in [-0.05, 0) is 62.1 Å². The van der Waals surface area contributed by atoms with Gasteiger partial charge < -0.3 is 10.3 Å². The van der Waals surface area contributed by atoms with E-state index in [2.05, 4.69) is 42.3 Å². The van der Waals surface area contributed by atoms with Crippen molar-refractivity contribution in [3.05, 3.63) is 66.0 Å². The number of hydrogen-bond donors (Lipinski definition) is 2. The van der Waals surface area contributed by atoms with Crippen LogP contribution in [0.2, 0.25) is 0 Å². The fourth-order valence-electron chi connectivity index (χ4n) is 3.58. The van der Waals surface area contributed by atoms with Crippen molar-refractivity contribution in [3.8, 4) is 0 Å². The number of aromatic amines is 1. The standard InChI is InChI=1S/C20H24N6/c1-15-4-2-6-18(24-15)25-19-12-16(7-8-21-19)17-5-3-11-26(13-17)14-20-22-9-10-23-20/h2,4,6-10,12,17H,3,5,11,13-14H2,1H3,(H,22,23)(H,21,24,25). The molecule has 2 N–H and O–H groups in total. The van der Waals surface area contributed by atoms with Gasteiger partial charge in [0.05, 0.1) is 6.54 Å². The Morgan fingerprint density at radius 3 is 3.00 bits per heavy atom. The molecule has 1 atom stereocenters. The lowest BCUT2D eigenvalue weighted by molar-refractivity contribution is 0.196. The van der Waals surface area contributed by atoms with Crippen molar-refractivity contribution in [2.45, 2.75) is 32.2 Å². The number of likely N-dealkylation sites (tertiary alicyclic amines) is 1. The predicted molar refractivity (Wildman–Crippen MR) is 102 cm³/mol. The van der Waals surface area contributed by atoms with Crippen LogP contribution in [0.5, 0.6) is 0 Å². The molecule has 26 heavy (non-hydrogen) atoms. The van der Waals surface area contributed by atoms with Gasteiger partial charge in [-0.25, -0.2) is 15.0 Å². The normalized spacial score (nSPS) is 18.0. The maximum atomic E-state index is 4.49. The van der Waals surface area contributed by atoms with Crippen LogP contribution in [0.3, 0.4) is 0 Å². The minimum absolute atomic E-state index is 0.521. The van der Waals surface area contributed by atoms with Crippen molar-refractivity contribution in [1.82, 2.24) is 24.8 Å². The molecule has 0 bridgehead atoms. The van der Waals surface area contributed by atoms with Crippen LogP contribution in [-0.2, 0) is 6.54 Å². The number of aryl methyl sites for hydroxylation is 1. The highest BCUT2D eigenvalue weighted by atomic mass is 15.2. The SMILES string of the molecule is Cc1cccc(Nc2cc(C3CCCN(Cc4ncc[nH]4)C3)ccn2)n1. The Balaban J connectivity index is 1.45. The molecule has 134 valence electrons. The van der Waals surface area contributed by atoms with Crippen LogP contribution in [0.25, 0.3) is 0 Å². The summed E-state index contributed by atoms with van der Waals surface area (Å²) in [5.41, 5.74) is 2.33. The molecular formula is C20H24N6. The summed E-state index contributed by atoms with van der Waals surface area (Å²) in [6.07, 6.45) is 8.00. The first kappa shape index (κ1) is 16.7. The molecule has 0 aliphatic carbocycles. The second-order valence-corrected chi connectivity index (χ2v) is 6.87. The number of pyridine rings is 2. The molecule has 1 aliphatic rings. The second-order valence-electron chi connectivity index (χ2n) is 6.87. The van der Waals surface area contributed by atoms with Crippen LogP contribution in [-0.4, -0.2) is 37.9 Å². The summed E-state index contributed by atoms with van der Waals surface area (Å²) in [4.78, 5) is 19.0. The van der Waals surface area contributed by atoms with Crippen LogP contribution >= 0.6 is 0 Å². The van der Waals surface area contributed by atoms with Gasteiger partial charge >= 0.3 is 0 Å². The van der Waals surface area contributed by atoms with Crippen molar-refractivity contribution in [2.24, 2.45) is 0 Å². The molecule has 4 rings (SSSR count). The molecule has 3 aromatic rings. The van der Waals surface area contributed by atoms with Crippen LogP contribution < -0.4 is 5.32 Å². The molecule has 6 heteroatoms. The largest absolute Gasteiger partial charge is 0.348 e. The molecule has 4 heterocycles. The van der Waals surface area contributed by atoms with E-state index in [1.807, 2.05) is 43.7 Å². The maximum absolute atomic E-state index is 4.49. The van der Waals surface area contributed by atoms with Gasteiger partial charge in [-0.15, -0.1) is 0 Å². The van der Waals surface area contributed by atoms with Gasteiger partial charge in [-0.1, -0.05) is 6.07 Å². The van der Waals surface area contributed by atoms with Gasteiger partial charge in [0.15, 0.2) is 0 Å². The van der Waals surface area contributed by atoms with E-state index in [9.17, 15) is 0 Å². The third-order valence-corrected chi connectivity index (χ3v) is 4.83. The minimum Gasteiger partial charge on any atom is -0.348 e. The molecule has 6 nitrogen and oxygen atoms in total. The number of nitrogens with one attached hydrogen (secondary N) is 2. The van der Waals surface area contributed by atoms with Crippen molar-refractivity contribution in [3.63, 3.8) is 0 Å². The Morgan fingerprint density at radius 2 is 2.15 bits per heavy atom. The van der Waals surface area contributed by atoms with Gasteiger partial charge in [0.2, 0.25) is 0 Å². The zero-order chi connectivity index (χ0) is 17.8. The lowest BCUT2D eigenvalue weighted by Crippen LogP contribution is -2.34. The summed E-state index contributed by atoms with van der Waals surface area (Å²) in [5, 5.41) is 3.32. The van der Waals surface area contributed by atoms with Gasteiger partial charge in [0.1, 0.15) is 17.5 Å². The molecule has 0 spiro atoms. The fourth-order valence-corrected chi connectivity index (χ4v) is 3.58. The molecule has 1 saturated heterocycles. The van der Waals surface area contributed by atoms with Crippen LogP contribution in [0.4, 0.5) is 11.6 Å². The number of piperidine rings is 1. The summed E-state index contributed by atoms with van der Waals surface area (Å²) in [6.45, 7) is 5.05.